The summed E-state index contributed by atoms with van der Waals surface area (Å²) in [6.07, 6.45) is 0. The number of rotatable bonds is 8. The van der Waals surface area contributed by atoms with Crippen LogP contribution in [0.5, 0.6) is 0 Å². The van der Waals surface area contributed by atoms with Crippen LogP contribution in [-0.4, -0.2) is 35.9 Å². The lowest BCUT2D eigenvalue weighted by atomic mass is 10.1. The Bertz CT molecular complexity index is 1250. The van der Waals surface area contributed by atoms with Crippen LogP contribution in [0.4, 0.5) is 17.6 Å². The molecule has 32 heavy (non-hydrogen) atoms. The van der Waals surface area contributed by atoms with E-state index in [9.17, 15) is 13.2 Å². The third kappa shape index (κ3) is 5.56. The number of anilines is 3. The predicted molar refractivity (Wildman–Crippen MR) is 120 cm³/mol. The van der Waals surface area contributed by atoms with Crippen molar-refractivity contribution in [3.05, 3.63) is 65.0 Å². The molecule has 0 aliphatic heterocycles. The van der Waals surface area contributed by atoms with Crippen molar-refractivity contribution in [2.24, 2.45) is 0 Å². The fourth-order valence-corrected chi connectivity index (χ4v) is 3.93. The van der Waals surface area contributed by atoms with Gasteiger partial charge in [-0.05, 0) is 43.2 Å². The Hall–Kier alpha value is -3.57. The SMILES string of the molecule is CCNS(=O)(=O)c1ccc(C)c(C(=O)OCc2nc(N)nc(Nc3ccccc3C)n2)c1. The van der Waals surface area contributed by atoms with Crippen LogP contribution in [0, 0.1) is 13.8 Å². The highest BCUT2D eigenvalue weighted by atomic mass is 32.2. The van der Waals surface area contributed by atoms with E-state index in [0.29, 0.717) is 5.56 Å². The number of sulfonamides is 1. The molecule has 3 rings (SSSR count). The number of para-hydroxylation sites is 1. The van der Waals surface area contributed by atoms with Crippen LogP contribution >= 0.6 is 0 Å². The first-order valence-corrected chi connectivity index (χ1v) is 11.3. The molecule has 0 bridgehead atoms. The Morgan fingerprint density at radius 2 is 1.81 bits per heavy atom. The molecule has 10 nitrogen and oxygen atoms in total. The van der Waals surface area contributed by atoms with Gasteiger partial charge in [0.15, 0.2) is 12.4 Å². The molecule has 0 saturated heterocycles. The third-order valence-electron chi connectivity index (χ3n) is 4.50. The van der Waals surface area contributed by atoms with Gasteiger partial charge in [0.25, 0.3) is 0 Å². The van der Waals surface area contributed by atoms with E-state index in [0.717, 1.165) is 11.3 Å². The van der Waals surface area contributed by atoms with Crippen LogP contribution in [0.3, 0.4) is 0 Å². The number of benzene rings is 2. The summed E-state index contributed by atoms with van der Waals surface area (Å²) in [5.41, 5.74) is 8.26. The summed E-state index contributed by atoms with van der Waals surface area (Å²) in [4.78, 5) is 24.9. The molecule has 11 heteroatoms. The van der Waals surface area contributed by atoms with E-state index in [4.69, 9.17) is 10.5 Å². The van der Waals surface area contributed by atoms with E-state index in [1.54, 1.807) is 19.9 Å². The number of hydrogen-bond donors (Lipinski definition) is 3. The number of hydrogen-bond acceptors (Lipinski definition) is 9. The number of nitrogens with two attached hydrogens (primary N) is 1. The van der Waals surface area contributed by atoms with Gasteiger partial charge in [-0.15, -0.1) is 0 Å². The minimum Gasteiger partial charge on any atom is -0.454 e. The van der Waals surface area contributed by atoms with Gasteiger partial charge in [0.2, 0.25) is 21.9 Å². The molecule has 0 fully saturated rings. The van der Waals surface area contributed by atoms with Crippen molar-refractivity contribution in [2.75, 3.05) is 17.6 Å². The molecule has 2 aromatic carbocycles. The molecule has 0 atom stereocenters. The first-order valence-electron chi connectivity index (χ1n) is 9.80. The highest BCUT2D eigenvalue weighted by molar-refractivity contribution is 7.89. The molecule has 0 unspecified atom stereocenters. The number of nitrogens with one attached hydrogen (secondary N) is 2. The predicted octanol–water partition coefficient (Wildman–Crippen LogP) is 2.47. The fourth-order valence-electron chi connectivity index (χ4n) is 2.86. The molecule has 0 radical (unpaired) electrons. The third-order valence-corrected chi connectivity index (χ3v) is 6.04. The number of aryl methyl sites for hydroxylation is 2. The summed E-state index contributed by atoms with van der Waals surface area (Å²) in [7, 11) is -3.71. The highest BCUT2D eigenvalue weighted by Gasteiger charge is 2.19. The summed E-state index contributed by atoms with van der Waals surface area (Å²) in [5.74, 6) is -0.371. The molecule has 4 N–H and O–H groups in total. The molecule has 3 aromatic rings. The maximum Gasteiger partial charge on any atom is 0.338 e. The second kappa shape index (κ2) is 9.71. The van der Waals surface area contributed by atoms with Gasteiger partial charge in [-0.25, -0.2) is 17.9 Å². The Morgan fingerprint density at radius 1 is 1.06 bits per heavy atom. The zero-order valence-electron chi connectivity index (χ0n) is 17.9. The lowest BCUT2D eigenvalue weighted by Crippen LogP contribution is -2.23. The van der Waals surface area contributed by atoms with Gasteiger partial charge in [0.05, 0.1) is 10.5 Å². The molecule has 168 valence electrons. The minimum absolute atomic E-state index is 0.0222. The van der Waals surface area contributed by atoms with Gasteiger partial charge >= 0.3 is 5.97 Å². The van der Waals surface area contributed by atoms with Crippen LogP contribution in [0.2, 0.25) is 0 Å². The molecule has 0 aliphatic rings. The molecular formula is C21H24N6O4S. The molecular weight excluding hydrogens is 432 g/mol. The fraction of sp³-hybridized carbons (Fsp3) is 0.238. The average Bonchev–Trinajstić information content (AvgIpc) is 2.73. The summed E-state index contributed by atoms with van der Waals surface area (Å²) in [6, 6.07) is 11.8. The van der Waals surface area contributed by atoms with Crippen molar-refractivity contribution >= 4 is 33.6 Å². The zero-order valence-corrected chi connectivity index (χ0v) is 18.7. The number of nitrogen functional groups attached to an aromatic ring is 1. The van der Waals surface area contributed by atoms with E-state index in [1.807, 2.05) is 31.2 Å². The summed E-state index contributed by atoms with van der Waals surface area (Å²) in [6.45, 7) is 5.25. The van der Waals surface area contributed by atoms with Gasteiger partial charge in [-0.2, -0.15) is 15.0 Å². The zero-order chi connectivity index (χ0) is 23.3. The lowest BCUT2D eigenvalue weighted by molar-refractivity contribution is 0.0461. The van der Waals surface area contributed by atoms with Gasteiger partial charge in [-0.1, -0.05) is 31.2 Å². The van der Waals surface area contributed by atoms with Gasteiger partial charge in [0, 0.05) is 12.2 Å². The second-order valence-electron chi connectivity index (χ2n) is 6.93. The minimum atomic E-state index is -3.71. The van der Waals surface area contributed by atoms with Crippen LogP contribution in [0.15, 0.2) is 47.4 Å². The van der Waals surface area contributed by atoms with Crippen molar-refractivity contribution in [1.82, 2.24) is 19.7 Å². The Kier molecular flexibility index (Phi) is 7.01. The number of ether oxygens (including phenoxy) is 1. The van der Waals surface area contributed by atoms with Crippen molar-refractivity contribution < 1.29 is 17.9 Å². The highest BCUT2D eigenvalue weighted by Crippen LogP contribution is 2.19. The van der Waals surface area contributed by atoms with Crippen molar-refractivity contribution in [3.63, 3.8) is 0 Å². The smallest absolute Gasteiger partial charge is 0.338 e. The summed E-state index contributed by atoms with van der Waals surface area (Å²) < 4.78 is 32.2. The van der Waals surface area contributed by atoms with Crippen molar-refractivity contribution in [1.29, 1.82) is 0 Å². The van der Waals surface area contributed by atoms with E-state index >= 15 is 0 Å². The largest absolute Gasteiger partial charge is 0.454 e. The first kappa shape index (κ1) is 23.1. The van der Waals surface area contributed by atoms with E-state index in [2.05, 4.69) is 25.0 Å². The van der Waals surface area contributed by atoms with E-state index in [-0.39, 0.29) is 41.3 Å². The average molecular weight is 457 g/mol. The van der Waals surface area contributed by atoms with Crippen LogP contribution in [0.25, 0.3) is 0 Å². The van der Waals surface area contributed by atoms with Crippen LogP contribution < -0.4 is 15.8 Å². The number of carbonyl (C=O) groups is 1. The number of nitrogens with zero attached hydrogens (tertiary/aromatic N) is 3. The van der Waals surface area contributed by atoms with Crippen molar-refractivity contribution in [3.8, 4) is 0 Å². The normalized spacial score (nSPS) is 11.2. The van der Waals surface area contributed by atoms with Gasteiger partial charge < -0.3 is 15.8 Å². The van der Waals surface area contributed by atoms with E-state index in [1.165, 1.54) is 12.1 Å². The maximum absolute atomic E-state index is 12.6. The van der Waals surface area contributed by atoms with E-state index < -0.39 is 16.0 Å². The molecule has 1 heterocycles. The molecule has 0 aliphatic carbocycles. The maximum atomic E-state index is 12.6. The first-order chi connectivity index (χ1) is 15.2. The summed E-state index contributed by atoms with van der Waals surface area (Å²) in [5, 5.41) is 3.06. The monoisotopic (exact) mass is 456 g/mol. The topological polar surface area (TPSA) is 149 Å². The van der Waals surface area contributed by atoms with Crippen LogP contribution in [-0.2, 0) is 21.4 Å². The Balaban J connectivity index is 1.76. The standard InChI is InChI=1S/C21H24N6O4S/c1-4-23-32(29,30)15-10-9-13(2)16(11-15)19(28)31-12-18-25-20(22)27-21(26-18)24-17-8-6-5-7-14(17)3/h5-11,23H,4,12H2,1-3H3,(H3,22,24,25,26,27). The number of esters is 1. The number of carbonyl (C=O) groups excluding carboxylic acids is 1. The Morgan fingerprint density at radius 3 is 2.53 bits per heavy atom. The molecule has 1 aromatic heterocycles. The molecule has 0 amide bonds. The van der Waals surface area contributed by atoms with Gasteiger partial charge in [0.1, 0.15) is 0 Å². The van der Waals surface area contributed by atoms with Crippen LogP contribution in [0.1, 0.15) is 34.2 Å². The molecule has 0 saturated carbocycles. The quantitative estimate of drug-likeness (QED) is 0.434. The summed E-state index contributed by atoms with van der Waals surface area (Å²) >= 11 is 0. The lowest BCUT2D eigenvalue weighted by Gasteiger charge is -2.11. The second-order valence-corrected chi connectivity index (χ2v) is 8.69. The van der Waals surface area contributed by atoms with Gasteiger partial charge in [-0.3, -0.25) is 0 Å². The van der Waals surface area contributed by atoms with Crippen molar-refractivity contribution in [2.45, 2.75) is 32.3 Å². The molecule has 0 spiro atoms. The number of aromatic nitrogens is 3. The Labute approximate surface area is 186 Å².